The van der Waals surface area contributed by atoms with Crippen molar-refractivity contribution in [3.63, 3.8) is 0 Å². The number of nitrogens with one attached hydrogen (secondary N) is 1. The fraction of sp³-hybridized carbons (Fsp3) is 0.125. The Balaban J connectivity index is 1.89. The van der Waals surface area contributed by atoms with Gasteiger partial charge in [-0.25, -0.2) is 4.79 Å². The number of rotatable bonds is 5. The number of hydrogen-bond acceptors (Lipinski definition) is 4. The molecule has 5 nitrogen and oxygen atoms in total. The fourth-order valence-electron chi connectivity index (χ4n) is 1.74. The molecule has 0 spiro atoms. The second kappa shape index (κ2) is 7.89. The molecule has 1 N–H and O–H groups in total. The zero-order valence-electron chi connectivity index (χ0n) is 12.5. The van der Waals surface area contributed by atoms with E-state index in [0.29, 0.717) is 11.8 Å². The molecule has 0 aliphatic carbocycles. The van der Waals surface area contributed by atoms with Gasteiger partial charge in [-0.1, -0.05) is 11.6 Å². The summed E-state index contributed by atoms with van der Waals surface area (Å²) in [6.45, 7) is -0.661. The molecule has 0 atom stereocenters. The van der Waals surface area contributed by atoms with Gasteiger partial charge in [0.1, 0.15) is 5.76 Å². The van der Waals surface area contributed by atoms with Crippen molar-refractivity contribution in [3.05, 3.63) is 59.0 Å². The minimum atomic E-state index is -4.65. The first kappa shape index (κ1) is 18.6. The highest BCUT2D eigenvalue weighted by Crippen LogP contribution is 2.36. The monoisotopic (exact) mass is 373 g/mol. The van der Waals surface area contributed by atoms with E-state index in [4.69, 9.17) is 16.0 Å². The highest BCUT2D eigenvalue weighted by Gasteiger charge is 2.33. The summed E-state index contributed by atoms with van der Waals surface area (Å²) in [5.74, 6) is -1.18. The van der Waals surface area contributed by atoms with Crippen LogP contribution in [0.25, 0.3) is 6.08 Å². The van der Waals surface area contributed by atoms with Gasteiger partial charge in [-0.2, -0.15) is 13.2 Å². The fourth-order valence-corrected chi connectivity index (χ4v) is 1.96. The predicted octanol–water partition coefficient (Wildman–Crippen LogP) is 4.15. The van der Waals surface area contributed by atoms with Crippen LogP contribution in [0.5, 0.6) is 0 Å². The average molecular weight is 374 g/mol. The second-order valence-electron chi connectivity index (χ2n) is 4.70. The minimum absolute atomic E-state index is 0.121. The maximum atomic E-state index is 12.7. The number of halogens is 4. The van der Waals surface area contributed by atoms with Crippen LogP contribution in [0.3, 0.4) is 0 Å². The lowest BCUT2D eigenvalue weighted by molar-refractivity contribution is -0.142. The molecule has 0 saturated heterocycles. The zero-order valence-corrected chi connectivity index (χ0v) is 13.2. The van der Waals surface area contributed by atoms with Crippen LogP contribution < -0.4 is 5.32 Å². The van der Waals surface area contributed by atoms with Gasteiger partial charge in [0, 0.05) is 11.8 Å². The summed E-state index contributed by atoms with van der Waals surface area (Å²) < 4.78 is 47.8. The molecular weight excluding hydrogens is 363 g/mol. The van der Waals surface area contributed by atoms with Crippen LogP contribution in [0.15, 0.2) is 47.1 Å². The summed E-state index contributed by atoms with van der Waals surface area (Å²) in [6, 6.07) is 6.14. The van der Waals surface area contributed by atoms with Gasteiger partial charge in [-0.3, -0.25) is 4.79 Å². The highest BCUT2D eigenvalue weighted by molar-refractivity contribution is 6.31. The van der Waals surface area contributed by atoms with Crippen LogP contribution in [0.2, 0.25) is 5.02 Å². The third-order valence-corrected chi connectivity index (χ3v) is 3.16. The molecule has 0 bridgehead atoms. The number of hydrogen-bond donors (Lipinski definition) is 1. The number of benzene rings is 1. The van der Waals surface area contributed by atoms with Crippen molar-refractivity contribution in [2.24, 2.45) is 0 Å². The first-order chi connectivity index (χ1) is 11.8. The number of carbonyl (C=O) groups is 2. The first-order valence-electron chi connectivity index (χ1n) is 6.80. The van der Waals surface area contributed by atoms with E-state index >= 15 is 0 Å². The summed E-state index contributed by atoms with van der Waals surface area (Å²) in [5.41, 5.74) is -1.20. The topological polar surface area (TPSA) is 68.5 Å². The number of anilines is 1. The summed E-state index contributed by atoms with van der Waals surface area (Å²) in [5, 5.41) is 1.70. The minimum Gasteiger partial charge on any atom is -0.465 e. The van der Waals surface area contributed by atoms with Crippen LogP contribution >= 0.6 is 11.6 Å². The van der Waals surface area contributed by atoms with Crippen LogP contribution in [0, 0.1) is 0 Å². The molecule has 0 fully saturated rings. The summed E-state index contributed by atoms with van der Waals surface area (Å²) in [7, 11) is 0. The SMILES string of the molecule is O=C(COC(=O)C=Cc1ccco1)Nc1ccc(Cl)c(C(F)(F)F)c1. The van der Waals surface area contributed by atoms with Crippen molar-refractivity contribution in [1.82, 2.24) is 0 Å². The average Bonchev–Trinajstić information content (AvgIpc) is 3.05. The van der Waals surface area contributed by atoms with Gasteiger partial charge in [-0.15, -0.1) is 0 Å². The van der Waals surface area contributed by atoms with E-state index in [0.717, 1.165) is 12.1 Å². The van der Waals surface area contributed by atoms with Gasteiger partial charge in [0.05, 0.1) is 16.8 Å². The zero-order chi connectivity index (χ0) is 18.4. The molecule has 25 heavy (non-hydrogen) atoms. The molecule has 0 aliphatic heterocycles. The number of ether oxygens (including phenoxy) is 1. The van der Waals surface area contributed by atoms with Gasteiger partial charge in [0.2, 0.25) is 0 Å². The third-order valence-electron chi connectivity index (χ3n) is 2.83. The molecular formula is C16H11ClF3NO4. The van der Waals surface area contributed by atoms with E-state index < -0.39 is 35.2 Å². The Hall–Kier alpha value is -2.74. The molecule has 1 aromatic heterocycles. The van der Waals surface area contributed by atoms with Crippen molar-refractivity contribution in [2.75, 3.05) is 11.9 Å². The Labute approximate surface area is 145 Å². The van der Waals surface area contributed by atoms with Crippen molar-refractivity contribution in [3.8, 4) is 0 Å². The summed E-state index contributed by atoms with van der Waals surface area (Å²) in [6.07, 6.45) is -0.841. The lowest BCUT2D eigenvalue weighted by Gasteiger charge is -2.11. The maximum Gasteiger partial charge on any atom is 0.417 e. The van der Waals surface area contributed by atoms with Crippen LogP contribution in [0.4, 0.5) is 18.9 Å². The Bertz CT molecular complexity index is 785. The maximum absolute atomic E-state index is 12.7. The summed E-state index contributed by atoms with van der Waals surface area (Å²) >= 11 is 5.48. The molecule has 0 radical (unpaired) electrons. The number of furan rings is 1. The standard InChI is InChI=1S/C16H11ClF3NO4/c17-13-5-3-10(8-12(13)16(18,19)20)21-14(22)9-25-15(23)6-4-11-2-1-7-24-11/h1-8H,9H2,(H,21,22). The van der Waals surface area contributed by atoms with E-state index in [9.17, 15) is 22.8 Å². The number of alkyl halides is 3. The van der Waals surface area contributed by atoms with Crippen molar-refractivity contribution in [1.29, 1.82) is 0 Å². The number of amides is 1. The Kier molecular flexibility index (Phi) is 5.87. The van der Waals surface area contributed by atoms with Gasteiger partial charge in [0.25, 0.3) is 5.91 Å². The molecule has 9 heteroatoms. The van der Waals surface area contributed by atoms with Crippen molar-refractivity contribution < 1.29 is 31.9 Å². The van der Waals surface area contributed by atoms with Gasteiger partial charge < -0.3 is 14.5 Å². The van der Waals surface area contributed by atoms with E-state index in [1.165, 1.54) is 18.4 Å². The molecule has 0 aliphatic rings. The Morgan fingerprint density at radius 1 is 1.28 bits per heavy atom. The lowest BCUT2D eigenvalue weighted by Crippen LogP contribution is -2.20. The second-order valence-corrected chi connectivity index (χ2v) is 5.10. The normalized spacial score (nSPS) is 11.5. The van der Waals surface area contributed by atoms with Crippen LogP contribution in [-0.2, 0) is 20.5 Å². The molecule has 1 heterocycles. The quantitative estimate of drug-likeness (QED) is 0.631. The van der Waals surface area contributed by atoms with E-state index in [1.54, 1.807) is 12.1 Å². The van der Waals surface area contributed by atoms with E-state index in [1.807, 2.05) is 0 Å². The number of carbonyl (C=O) groups excluding carboxylic acids is 2. The first-order valence-corrected chi connectivity index (χ1v) is 7.18. The molecule has 0 saturated carbocycles. The van der Waals surface area contributed by atoms with Crippen LogP contribution in [0.1, 0.15) is 11.3 Å². The van der Waals surface area contributed by atoms with E-state index in [2.05, 4.69) is 10.1 Å². The third kappa shape index (κ3) is 5.68. The Morgan fingerprint density at radius 3 is 2.68 bits per heavy atom. The predicted molar refractivity (Wildman–Crippen MR) is 83.8 cm³/mol. The lowest BCUT2D eigenvalue weighted by atomic mass is 10.2. The molecule has 1 amide bonds. The molecule has 1 aromatic carbocycles. The van der Waals surface area contributed by atoms with Gasteiger partial charge in [-0.05, 0) is 36.4 Å². The van der Waals surface area contributed by atoms with Gasteiger partial charge in [0.15, 0.2) is 6.61 Å². The molecule has 0 unspecified atom stereocenters. The van der Waals surface area contributed by atoms with Crippen LogP contribution in [-0.4, -0.2) is 18.5 Å². The molecule has 132 valence electrons. The highest BCUT2D eigenvalue weighted by atomic mass is 35.5. The Morgan fingerprint density at radius 2 is 2.04 bits per heavy atom. The molecule has 2 aromatic rings. The summed E-state index contributed by atoms with van der Waals surface area (Å²) in [4.78, 5) is 23.1. The smallest absolute Gasteiger partial charge is 0.417 e. The van der Waals surface area contributed by atoms with Gasteiger partial charge >= 0.3 is 12.1 Å². The largest absolute Gasteiger partial charge is 0.465 e. The van der Waals surface area contributed by atoms with Crippen molar-refractivity contribution in [2.45, 2.75) is 6.18 Å². The van der Waals surface area contributed by atoms with Crippen molar-refractivity contribution >= 4 is 35.2 Å². The van der Waals surface area contributed by atoms with E-state index in [-0.39, 0.29) is 5.69 Å². The molecule has 2 rings (SSSR count). The number of esters is 1.